The van der Waals surface area contributed by atoms with Crippen molar-refractivity contribution in [1.29, 1.82) is 0 Å². The Balaban J connectivity index is 0.000000373. The first-order valence-electron chi connectivity index (χ1n) is 13.9. The van der Waals surface area contributed by atoms with Gasteiger partial charge in [-0.2, -0.15) is 0 Å². The zero-order valence-corrected chi connectivity index (χ0v) is 24.8. The fourth-order valence-corrected chi connectivity index (χ4v) is 3.88. The number of hydrogen-bond donors (Lipinski definition) is 4. The number of Topliss-reactive ketones (excluding diaryl/α,β-unsaturated/α-hetero) is 2. The third kappa shape index (κ3) is 16.0. The van der Waals surface area contributed by atoms with Crippen LogP contribution in [0.4, 0.5) is 0 Å². The van der Waals surface area contributed by atoms with E-state index in [1.807, 2.05) is 60.7 Å². The van der Waals surface area contributed by atoms with Crippen LogP contribution in [-0.4, -0.2) is 44.4 Å². The molecule has 0 heterocycles. The Kier molecular flexibility index (Phi) is 17.5. The Morgan fingerprint density at radius 1 is 0.600 bits per heavy atom. The molecule has 0 fully saturated rings. The quantitative estimate of drug-likeness (QED) is 0.116. The van der Waals surface area contributed by atoms with Gasteiger partial charge in [-0.05, 0) is 80.1 Å². The first-order valence-corrected chi connectivity index (χ1v) is 13.9. The number of aliphatic carboxylic acids is 1. The van der Waals surface area contributed by atoms with Gasteiger partial charge in [-0.3, -0.25) is 9.59 Å². The lowest BCUT2D eigenvalue weighted by molar-refractivity contribution is -0.302. The van der Waals surface area contributed by atoms with Gasteiger partial charge in [-0.25, -0.2) is 0 Å². The van der Waals surface area contributed by atoms with Gasteiger partial charge in [-0.15, -0.1) is 0 Å². The average molecular weight is 617 g/mol. The zero-order chi connectivity index (χ0) is 33.6. The minimum absolute atomic E-state index is 0.0220. The topological polar surface area (TPSA) is 195 Å². The number of benzene rings is 4. The molecule has 0 aliphatic rings. The van der Waals surface area contributed by atoms with E-state index in [9.17, 15) is 30.0 Å². The summed E-state index contributed by atoms with van der Waals surface area (Å²) in [5.41, 5.74) is 3.29. The molecule has 0 aliphatic heterocycles. The minimum atomic E-state index is -1.08. The molecule has 0 spiro atoms. The molecule has 4 N–H and O–H groups in total. The third-order valence-electron chi connectivity index (χ3n) is 6.02. The lowest BCUT2D eigenvalue weighted by Crippen LogP contribution is -2.16. The molecule has 10 nitrogen and oxygen atoms in total. The van der Waals surface area contributed by atoms with E-state index >= 15 is 0 Å². The molecular weight excluding hydrogens is 580 g/mol. The molecule has 0 amide bonds. The third-order valence-corrected chi connectivity index (χ3v) is 6.02. The van der Waals surface area contributed by atoms with E-state index in [-0.39, 0.29) is 34.6 Å². The molecule has 0 saturated carbocycles. The number of aryl methyl sites for hydroxylation is 2. The standard InChI is InChI=1S/2C16H16O3.C2H4O2.CH2O2/c2*17-14(13-9-10-15(18)16(19)11-13)8-4-7-12-5-2-1-3-6-12;1-2(3)4;2-1-3/h2*1-3,5-6,9-11,18-19H,4,7-8H2;1H3,(H,3,4);1H,(H,2,3)/p-2. The summed E-state index contributed by atoms with van der Waals surface area (Å²) in [5.74, 6) is -2.05. The van der Waals surface area contributed by atoms with Crippen LogP contribution in [0.1, 0.15) is 64.4 Å². The highest BCUT2D eigenvalue weighted by Gasteiger charge is 2.10. The highest BCUT2D eigenvalue weighted by Crippen LogP contribution is 2.26. The van der Waals surface area contributed by atoms with Crippen LogP contribution in [0, 0.1) is 0 Å². The largest absolute Gasteiger partial charge is 0.554 e. The summed E-state index contributed by atoms with van der Waals surface area (Å²) in [6.45, 7) is 0.472. The number of rotatable bonds is 10. The second kappa shape index (κ2) is 21.1. The molecule has 45 heavy (non-hydrogen) atoms. The van der Waals surface area contributed by atoms with Crippen LogP contribution in [0.15, 0.2) is 97.1 Å². The average Bonchev–Trinajstić information content (AvgIpc) is 3.01. The zero-order valence-electron chi connectivity index (χ0n) is 24.8. The van der Waals surface area contributed by atoms with Crippen LogP contribution in [-0.2, 0) is 22.4 Å². The van der Waals surface area contributed by atoms with Crippen molar-refractivity contribution in [3.05, 3.63) is 119 Å². The predicted octanol–water partition coefficient (Wildman–Crippen LogP) is 3.73. The molecule has 0 radical (unpaired) electrons. The summed E-state index contributed by atoms with van der Waals surface area (Å²) in [6, 6.07) is 28.3. The lowest BCUT2D eigenvalue weighted by atomic mass is 10.0. The Bertz CT molecular complexity index is 1380. The fourth-order valence-electron chi connectivity index (χ4n) is 3.88. The Morgan fingerprint density at radius 3 is 1.20 bits per heavy atom. The number of carboxylic acid groups (broad SMARTS) is 2. The number of phenols is 4. The van der Waals surface area contributed by atoms with Crippen LogP contribution in [0.2, 0.25) is 0 Å². The van der Waals surface area contributed by atoms with Crippen LogP contribution in [0.3, 0.4) is 0 Å². The number of phenolic OH excluding ortho intramolecular Hbond substituents is 4. The van der Waals surface area contributed by atoms with Gasteiger partial charge in [0, 0.05) is 36.4 Å². The molecule has 0 aromatic heterocycles. The van der Waals surface area contributed by atoms with Gasteiger partial charge < -0.3 is 40.2 Å². The number of carbonyl (C=O) groups excluding carboxylic acids is 4. The van der Waals surface area contributed by atoms with Crippen molar-refractivity contribution in [3.8, 4) is 23.0 Å². The summed E-state index contributed by atoms with van der Waals surface area (Å²) in [6.07, 6.45) is 4.11. The number of hydrogen-bond acceptors (Lipinski definition) is 10. The first-order chi connectivity index (χ1) is 21.5. The molecule has 0 atom stereocenters. The van der Waals surface area contributed by atoms with Crippen LogP contribution in [0.25, 0.3) is 0 Å². The van der Waals surface area contributed by atoms with Gasteiger partial charge in [0.05, 0.1) is 0 Å². The molecule has 0 unspecified atom stereocenters. The molecule has 10 heteroatoms. The summed E-state index contributed by atoms with van der Waals surface area (Å²) in [5, 5.41) is 54.2. The van der Waals surface area contributed by atoms with Crippen LogP contribution < -0.4 is 10.2 Å². The van der Waals surface area contributed by atoms with Crippen molar-refractivity contribution in [2.45, 2.75) is 45.4 Å². The monoisotopic (exact) mass is 616 g/mol. The van der Waals surface area contributed by atoms with Gasteiger partial charge in [0.25, 0.3) is 0 Å². The fraction of sp³-hybridized carbons (Fsp3) is 0.200. The predicted molar refractivity (Wildman–Crippen MR) is 164 cm³/mol. The maximum absolute atomic E-state index is 11.9. The van der Waals surface area contributed by atoms with E-state index in [2.05, 4.69) is 0 Å². The Hall–Kier alpha value is -5.64. The molecule has 4 rings (SSSR count). The SMILES string of the molecule is CC(=O)[O-].O=C(CCCc1ccccc1)c1ccc(O)c(O)c1.O=C(CCCc1ccccc1)c1ccc(O)c(O)c1.O=C[O-]. The van der Waals surface area contributed by atoms with E-state index in [1.54, 1.807) is 0 Å². The summed E-state index contributed by atoms with van der Waals surface area (Å²) < 4.78 is 0. The summed E-state index contributed by atoms with van der Waals surface area (Å²) in [7, 11) is 0. The van der Waals surface area contributed by atoms with Gasteiger partial charge in [0.1, 0.15) is 0 Å². The number of carbonyl (C=O) groups is 4. The second-order valence-electron chi connectivity index (χ2n) is 9.52. The van der Waals surface area contributed by atoms with Crippen molar-refractivity contribution in [3.63, 3.8) is 0 Å². The van der Waals surface area contributed by atoms with E-state index in [0.29, 0.717) is 24.0 Å². The van der Waals surface area contributed by atoms with Crippen molar-refractivity contribution < 1.29 is 49.8 Å². The molecule has 238 valence electrons. The highest BCUT2D eigenvalue weighted by atomic mass is 16.4. The summed E-state index contributed by atoms with van der Waals surface area (Å²) in [4.78, 5) is 41.0. The number of aromatic hydroxyl groups is 4. The summed E-state index contributed by atoms with van der Waals surface area (Å²) >= 11 is 0. The van der Waals surface area contributed by atoms with Crippen molar-refractivity contribution in [2.24, 2.45) is 0 Å². The van der Waals surface area contributed by atoms with E-state index in [1.165, 1.54) is 47.5 Å². The number of carboxylic acids is 1. The van der Waals surface area contributed by atoms with Gasteiger partial charge in [0.15, 0.2) is 34.6 Å². The van der Waals surface area contributed by atoms with Crippen LogP contribution >= 0.6 is 0 Å². The Morgan fingerprint density at radius 2 is 0.911 bits per heavy atom. The van der Waals surface area contributed by atoms with Crippen LogP contribution in [0.5, 0.6) is 23.0 Å². The smallest absolute Gasteiger partial charge is 0.163 e. The van der Waals surface area contributed by atoms with E-state index in [4.69, 9.17) is 19.8 Å². The molecular formula is C35H36O10-2. The second-order valence-corrected chi connectivity index (χ2v) is 9.52. The van der Waals surface area contributed by atoms with Crippen molar-refractivity contribution in [2.75, 3.05) is 0 Å². The number of ketones is 2. The molecule has 4 aromatic carbocycles. The lowest BCUT2D eigenvalue weighted by Gasteiger charge is -2.03. The molecule has 0 bridgehead atoms. The minimum Gasteiger partial charge on any atom is -0.554 e. The van der Waals surface area contributed by atoms with Crippen molar-refractivity contribution in [1.82, 2.24) is 0 Å². The highest BCUT2D eigenvalue weighted by molar-refractivity contribution is 5.97. The van der Waals surface area contributed by atoms with Gasteiger partial charge >= 0.3 is 0 Å². The first kappa shape index (κ1) is 37.4. The van der Waals surface area contributed by atoms with E-state index in [0.717, 1.165) is 32.6 Å². The molecule has 4 aromatic rings. The van der Waals surface area contributed by atoms with Gasteiger partial charge in [0.2, 0.25) is 0 Å². The Labute approximate surface area is 261 Å². The maximum atomic E-state index is 11.9. The maximum Gasteiger partial charge on any atom is 0.163 e. The normalized spacial score (nSPS) is 9.53. The van der Waals surface area contributed by atoms with Crippen molar-refractivity contribution >= 4 is 24.0 Å². The van der Waals surface area contributed by atoms with Gasteiger partial charge in [-0.1, -0.05) is 60.7 Å². The molecule has 0 saturated heterocycles. The van der Waals surface area contributed by atoms with E-state index < -0.39 is 12.4 Å². The molecule has 0 aliphatic carbocycles.